The van der Waals surface area contributed by atoms with Crippen molar-refractivity contribution in [2.45, 2.75) is 11.8 Å². The Balaban J connectivity index is 1.55. The Kier molecular flexibility index (Phi) is 7.64. The minimum atomic E-state index is -1.03. The van der Waals surface area contributed by atoms with Crippen molar-refractivity contribution in [1.82, 2.24) is 0 Å². The second kappa shape index (κ2) is 10.6. The van der Waals surface area contributed by atoms with Gasteiger partial charge in [0.05, 0.1) is 11.3 Å². The van der Waals surface area contributed by atoms with Crippen LogP contribution in [-0.2, 0) is 4.79 Å². The minimum absolute atomic E-state index is 0.132. The van der Waals surface area contributed by atoms with E-state index >= 15 is 0 Å². The molecule has 0 aliphatic heterocycles. The number of hydrogen-bond acceptors (Lipinski definition) is 4. The number of carbonyl (C=O) groups is 2. The largest absolute Gasteiger partial charge is 0.478 e. The lowest BCUT2D eigenvalue weighted by molar-refractivity contribution is -0.113. The number of thiocarbonyl (C=S) groups is 1. The van der Waals surface area contributed by atoms with Crippen LogP contribution in [0.25, 0.3) is 0 Å². The molecule has 0 saturated heterocycles. The van der Waals surface area contributed by atoms with Crippen LogP contribution in [0.5, 0.6) is 0 Å². The molecule has 0 radical (unpaired) electrons. The first-order valence-electron chi connectivity index (χ1n) is 9.40. The van der Waals surface area contributed by atoms with Gasteiger partial charge in [0.25, 0.3) is 0 Å². The number of thioether (sulfide) groups is 1. The summed E-state index contributed by atoms with van der Waals surface area (Å²) in [5.41, 5.74) is 3.13. The summed E-state index contributed by atoms with van der Waals surface area (Å²) < 4.78 is 0. The SMILES string of the molecule is Cc1ccc(C(=O)O)cc1NC(=O)CSc1cccc(NC(=S)Nc2ccccc2)c1. The van der Waals surface area contributed by atoms with Crippen LogP contribution in [0.4, 0.5) is 17.1 Å². The molecule has 0 bridgehead atoms. The summed E-state index contributed by atoms with van der Waals surface area (Å²) in [6.07, 6.45) is 0. The van der Waals surface area contributed by atoms with Gasteiger partial charge in [0.15, 0.2) is 5.11 Å². The summed E-state index contributed by atoms with van der Waals surface area (Å²) in [7, 11) is 0. The molecule has 4 N–H and O–H groups in total. The summed E-state index contributed by atoms with van der Waals surface area (Å²) in [6.45, 7) is 1.82. The summed E-state index contributed by atoms with van der Waals surface area (Å²) >= 11 is 6.72. The third kappa shape index (κ3) is 6.84. The number of carboxylic acid groups (broad SMARTS) is 1. The van der Waals surface area contributed by atoms with E-state index < -0.39 is 5.97 Å². The van der Waals surface area contributed by atoms with Crippen molar-refractivity contribution in [2.75, 3.05) is 21.7 Å². The van der Waals surface area contributed by atoms with Gasteiger partial charge in [-0.3, -0.25) is 4.79 Å². The van der Waals surface area contributed by atoms with Gasteiger partial charge in [0.2, 0.25) is 5.91 Å². The lowest BCUT2D eigenvalue weighted by Crippen LogP contribution is -2.19. The Morgan fingerprint density at radius 1 is 0.903 bits per heavy atom. The molecule has 3 rings (SSSR count). The van der Waals surface area contributed by atoms with Crippen LogP contribution >= 0.6 is 24.0 Å². The Hall–Kier alpha value is -3.36. The standard InChI is InChI=1S/C23H21N3O3S2/c1-15-10-11-16(22(28)29)12-20(15)26-21(27)14-31-19-9-5-8-18(13-19)25-23(30)24-17-6-3-2-4-7-17/h2-13H,14H2,1H3,(H,26,27)(H,28,29)(H2,24,25,30). The molecule has 0 unspecified atom stereocenters. The molecule has 0 spiro atoms. The third-order valence-electron chi connectivity index (χ3n) is 4.25. The molecular formula is C23H21N3O3S2. The van der Waals surface area contributed by atoms with Gasteiger partial charge in [-0.25, -0.2) is 4.79 Å². The Bertz CT molecular complexity index is 1100. The quantitative estimate of drug-likeness (QED) is 0.289. The van der Waals surface area contributed by atoms with Crippen molar-refractivity contribution in [1.29, 1.82) is 0 Å². The molecule has 31 heavy (non-hydrogen) atoms. The maximum Gasteiger partial charge on any atom is 0.335 e. The maximum atomic E-state index is 12.4. The highest BCUT2D eigenvalue weighted by atomic mass is 32.2. The zero-order valence-corrected chi connectivity index (χ0v) is 18.3. The van der Waals surface area contributed by atoms with Gasteiger partial charge in [-0.2, -0.15) is 0 Å². The van der Waals surface area contributed by atoms with E-state index in [1.54, 1.807) is 6.07 Å². The molecular weight excluding hydrogens is 430 g/mol. The van der Waals surface area contributed by atoms with Crippen molar-refractivity contribution in [2.24, 2.45) is 0 Å². The zero-order chi connectivity index (χ0) is 22.2. The first-order chi connectivity index (χ1) is 14.9. The van der Waals surface area contributed by atoms with Gasteiger partial charge in [-0.1, -0.05) is 30.3 Å². The van der Waals surface area contributed by atoms with E-state index in [2.05, 4.69) is 16.0 Å². The van der Waals surface area contributed by atoms with E-state index in [9.17, 15) is 9.59 Å². The Labute approximate surface area is 190 Å². The number of para-hydroxylation sites is 1. The predicted molar refractivity (Wildman–Crippen MR) is 130 cm³/mol. The Morgan fingerprint density at radius 3 is 2.35 bits per heavy atom. The molecule has 1 amide bonds. The number of benzene rings is 3. The lowest BCUT2D eigenvalue weighted by Gasteiger charge is -2.12. The normalized spacial score (nSPS) is 10.2. The molecule has 3 aromatic carbocycles. The first-order valence-corrected chi connectivity index (χ1v) is 10.8. The number of aryl methyl sites for hydroxylation is 1. The predicted octanol–water partition coefficient (Wildman–Crippen LogP) is 5.23. The van der Waals surface area contributed by atoms with E-state index in [1.165, 1.54) is 23.9 Å². The molecule has 0 heterocycles. The molecule has 0 atom stereocenters. The number of carbonyl (C=O) groups excluding carboxylic acids is 1. The number of rotatable bonds is 7. The van der Waals surface area contributed by atoms with Gasteiger partial charge in [-0.15, -0.1) is 11.8 Å². The summed E-state index contributed by atoms with van der Waals surface area (Å²) in [6, 6.07) is 21.9. The molecule has 0 aliphatic carbocycles. The van der Waals surface area contributed by atoms with Crippen molar-refractivity contribution >= 4 is 58.0 Å². The maximum absolute atomic E-state index is 12.4. The molecule has 0 aliphatic rings. The second-order valence-electron chi connectivity index (χ2n) is 6.64. The number of nitrogens with one attached hydrogen (secondary N) is 3. The number of amides is 1. The molecule has 8 heteroatoms. The van der Waals surface area contributed by atoms with Crippen molar-refractivity contribution < 1.29 is 14.7 Å². The van der Waals surface area contributed by atoms with E-state index in [1.807, 2.05) is 61.5 Å². The number of aromatic carboxylic acids is 1. The van der Waals surface area contributed by atoms with Crippen molar-refractivity contribution in [3.8, 4) is 0 Å². The number of carboxylic acids is 1. The fourth-order valence-electron chi connectivity index (χ4n) is 2.70. The van der Waals surface area contributed by atoms with Gasteiger partial charge >= 0.3 is 5.97 Å². The topological polar surface area (TPSA) is 90.5 Å². The molecule has 6 nitrogen and oxygen atoms in total. The molecule has 0 fully saturated rings. The van der Waals surface area contributed by atoms with Crippen LogP contribution in [-0.4, -0.2) is 27.8 Å². The van der Waals surface area contributed by atoms with Crippen LogP contribution in [0, 0.1) is 6.92 Å². The molecule has 158 valence electrons. The van der Waals surface area contributed by atoms with E-state index in [0.717, 1.165) is 21.8 Å². The van der Waals surface area contributed by atoms with Crippen LogP contribution < -0.4 is 16.0 Å². The fourth-order valence-corrected chi connectivity index (χ4v) is 3.69. The lowest BCUT2D eigenvalue weighted by atomic mass is 10.1. The van der Waals surface area contributed by atoms with Crippen LogP contribution in [0.2, 0.25) is 0 Å². The minimum Gasteiger partial charge on any atom is -0.478 e. The third-order valence-corrected chi connectivity index (χ3v) is 5.45. The number of hydrogen-bond donors (Lipinski definition) is 4. The first kappa shape index (κ1) is 22.3. The smallest absolute Gasteiger partial charge is 0.335 e. The molecule has 0 saturated carbocycles. The van der Waals surface area contributed by atoms with Crippen LogP contribution in [0.3, 0.4) is 0 Å². The highest BCUT2D eigenvalue weighted by Crippen LogP contribution is 2.23. The molecule has 3 aromatic rings. The van der Waals surface area contributed by atoms with Crippen molar-refractivity contribution in [3.63, 3.8) is 0 Å². The summed E-state index contributed by atoms with van der Waals surface area (Å²) in [5, 5.41) is 18.6. The van der Waals surface area contributed by atoms with E-state index in [0.29, 0.717) is 10.8 Å². The Morgan fingerprint density at radius 2 is 1.61 bits per heavy atom. The van der Waals surface area contributed by atoms with Crippen molar-refractivity contribution in [3.05, 3.63) is 83.9 Å². The summed E-state index contributed by atoms with van der Waals surface area (Å²) in [4.78, 5) is 24.4. The average molecular weight is 452 g/mol. The fraction of sp³-hybridized carbons (Fsp3) is 0.0870. The average Bonchev–Trinajstić information content (AvgIpc) is 2.74. The monoisotopic (exact) mass is 451 g/mol. The highest BCUT2D eigenvalue weighted by molar-refractivity contribution is 8.00. The molecule has 0 aromatic heterocycles. The zero-order valence-electron chi connectivity index (χ0n) is 16.7. The van der Waals surface area contributed by atoms with E-state index in [-0.39, 0.29) is 17.2 Å². The van der Waals surface area contributed by atoms with Crippen LogP contribution in [0.1, 0.15) is 15.9 Å². The number of anilines is 3. The summed E-state index contributed by atoms with van der Waals surface area (Å²) in [5.74, 6) is -1.06. The van der Waals surface area contributed by atoms with Gasteiger partial charge in [0, 0.05) is 22.0 Å². The second-order valence-corrected chi connectivity index (χ2v) is 8.10. The van der Waals surface area contributed by atoms with Gasteiger partial charge < -0.3 is 21.1 Å². The van der Waals surface area contributed by atoms with E-state index in [4.69, 9.17) is 17.3 Å². The highest BCUT2D eigenvalue weighted by Gasteiger charge is 2.10. The van der Waals surface area contributed by atoms with Gasteiger partial charge in [-0.05, 0) is 67.2 Å². The van der Waals surface area contributed by atoms with Crippen LogP contribution in [0.15, 0.2) is 77.7 Å². The van der Waals surface area contributed by atoms with Gasteiger partial charge in [0.1, 0.15) is 0 Å².